The van der Waals surface area contributed by atoms with Crippen molar-refractivity contribution in [2.24, 2.45) is 11.8 Å². The van der Waals surface area contributed by atoms with Crippen molar-refractivity contribution in [3.63, 3.8) is 0 Å². The smallest absolute Gasteiger partial charge is 0.343 e. The number of amides is 1. The van der Waals surface area contributed by atoms with Crippen molar-refractivity contribution < 1.29 is 28.9 Å². The van der Waals surface area contributed by atoms with Gasteiger partial charge in [0.25, 0.3) is 0 Å². The summed E-state index contributed by atoms with van der Waals surface area (Å²) in [4.78, 5) is 30.4. The maximum absolute atomic E-state index is 13.3. The molecule has 1 spiro atoms. The number of fused-ring (bicyclic) bond motifs is 4. The standard InChI is InChI=1S/C35H43ClN2O6/c1-37-16-5-4-8-30(42-2)27-12-9-24(27)20-38-21-34(15-6-7-23-17-26(36)11-13-28(23)34)22-44-31-14-10-25(18-29(31)38)35(41,19-32(37)39)33(40)43-3/h4,8,10-11,13-14,17-18,24,27,30,41H,5-7,9,12,15-16,19-22H2,1-3H3/b8-4+/t24-,27+,30-,34-,35+/m0/s1. The van der Waals surface area contributed by atoms with Crippen LogP contribution in [0.15, 0.2) is 48.6 Å². The first-order chi connectivity index (χ1) is 21.2. The van der Waals surface area contributed by atoms with Crippen molar-refractivity contribution in [3.8, 4) is 5.75 Å². The Morgan fingerprint density at radius 1 is 1.16 bits per heavy atom. The van der Waals surface area contributed by atoms with Crippen LogP contribution in [0.1, 0.15) is 55.2 Å². The van der Waals surface area contributed by atoms with E-state index in [9.17, 15) is 14.7 Å². The molecule has 2 aliphatic heterocycles. The number of halogens is 1. The average Bonchev–Trinajstić information content (AvgIpc) is 3.16. The van der Waals surface area contributed by atoms with Crippen LogP contribution in [0.4, 0.5) is 5.69 Å². The summed E-state index contributed by atoms with van der Waals surface area (Å²) in [6.45, 7) is 2.46. The number of carbonyl (C=O) groups is 2. The molecule has 2 bridgehead atoms. The number of esters is 1. The van der Waals surface area contributed by atoms with E-state index < -0.39 is 18.0 Å². The molecule has 44 heavy (non-hydrogen) atoms. The summed E-state index contributed by atoms with van der Waals surface area (Å²) in [5.41, 5.74) is 1.27. The van der Waals surface area contributed by atoms with Gasteiger partial charge in [0.05, 0.1) is 31.9 Å². The Hall–Kier alpha value is -3.07. The molecular weight excluding hydrogens is 580 g/mol. The van der Waals surface area contributed by atoms with Gasteiger partial charge < -0.3 is 29.1 Å². The highest BCUT2D eigenvalue weighted by Crippen LogP contribution is 2.47. The van der Waals surface area contributed by atoms with Crippen LogP contribution >= 0.6 is 11.6 Å². The predicted octanol–water partition coefficient (Wildman–Crippen LogP) is 5.02. The molecule has 1 N–H and O–H groups in total. The summed E-state index contributed by atoms with van der Waals surface area (Å²) < 4.78 is 17.7. The highest BCUT2D eigenvalue weighted by atomic mass is 35.5. The van der Waals surface area contributed by atoms with E-state index in [0.717, 1.165) is 49.4 Å². The Morgan fingerprint density at radius 2 is 2.00 bits per heavy atom. The molecule has 0 aromatic heterocycles. The summed E-state index contributed by atoms with van der Waals surface area (Å²) in [6.07, 6.45) is 9.58. The molecular formula is C35H43ClN2O6. The average molecular weight is 623 g/mol. The van der Waals surface area contributed by atoms with Gasteiger partial charge in [0.1, 0.15) is 5.75 Å². The van der Waals surface area contributed by atoms with Crippen molar-refractivity contribution in [1.82, 2.24) is 4.90 Å². The fourth-order valence-electron chi connectivity index (χ4n) is 7.74. The van der Waals surface area contributed by atoms with Crippen molar-refractivity contribution in [2.45, 2.75) is 62.1 Å². The van der Waals surface area contributed by atoms with Crippen LogP contribution in [0.5, 0.6) is 5.75 Å². The lowest BCUT2D eigenvalue weighted by Gasteiger charge is -2.46. The fraction of sp³-hybridized carbons (Fsp3) is 0.543. The van der Waals surface area contributed by atoms with Crippen LogP contribution in [-0.2, 0) is 36.5 Å². The number of rotatable bonds is 2. The number of carbonyl (C=O) groups excluding carboxylic acids is 2. The van der Waals surface area contributed by atoms with Gasteiger partial charge in [-0.2, -0.15) is 0 Å². The molecule has 236 valence electrons. The van der Waals surface area contributed by atoms with Gasteiger partial charge in [-0.1, -0.05) is 35.9 Å². The van der Waals surface area contributed by atoms with Gasteiger partial charge in [0, 0.05) is 44.2 Å². The largest absolute Gasteiger partial charge is 0.490 e. The van der Waals surface area contributed by atoms with E-state index in [-0.39, 0.29) is 17.4 Å². The number of aliphatic hydroxyl groups is 1. The third-order valence-corrected chi connectivity index (χ3v) is 10.7. The molecule has 1 saturated carbocycles. The molecule has 0 saturated heterocycles. The SMILES string of the molecule is COC(=O)[C@@]1(O)CC(=O)N(C)CC/C=C/[C@H](OC)[C@@H]2CC[C@H]2CN2C[C@@]3(CCCc4cc(Cl)ccc43)COc3ccc1cc32. The Bertz CT molecular complexity index is 1450. The van der Waals surface area contributed by atoms with Crippen LogP contribution in [0.2, 0.25) is 5.02 Å². The monoisotopic (exact) mass is 622 g/mol. The second-order valence-electron chi connectivity index (χ2n) is 13.0. The van der Waals surface area contributed by atoms with E-state index in [1.54, 1.807) is 25.1 Å². The van der Waals surface area contributed by atoms with Crippen molar-refractivity contribution in [2.75, 3.05) is 52.4 Å². The van der Waals surface area contributed by atoms with Crippen molar-refractivity contribution in [1.29, 1.82) is 0 Å². The first-order valence-electron chi connectivity index (χ1n) is 15.7. The minimum absolute atomic E-state index is 0.00683. The summed E-state index contributed by atoms with van der Waals surface area (Å²) in [6, 6.07) is 11.6. The lowest BCUT2D eigenvalue weighted by molar-refractivity contribution is -0.168. The molecule has 1 fully saturated rings. The van der Waals surface area contributed by atoms with Crippen LogP contribution < -0.4 is 9.64 Å². The van der Waals surface area contributed by atoms with Crippen LogP contribution in [0.25, 0.3) is 0 Å². The maximum Gasteiger partial charge on any atom is 0.343 e. The van der Waals surface area contributed by atoms with E-state index in [2.05, 4.69) is 29.2 Å². The Labute approximate surface area is 264 Å². The topological polar surface area (TPSA) is 88.5 Å². The second kappa shape index (κ2) is 12.4. The summed E-state index contributed by atoms with van der Waals surface area (Å²) in [5.74, 6) is 0.238. The third-order valence-electron chi connectivity index (χ3n) is 10.5. The molecule has 6 rings (SSSR count). The van der Waals surface area contributed by atoms with Gasteiger partial charge >= 0.3 is 5.97 Å². The van der Waals surface area contributed by atoms with Gasteiger partial charge in [-0.3, -0.25) is 4.79 Å². The molecule has 5 atom stereocenters. The lowest BCUT2D eigenvalue weighted by Crippen LogP contribution is -2.49. The van der Waals surface area contributed by atoms with Crippen LogP contribution in [0.3, 0.4) is 0 Å². The molecule has 0 unspecified atom stereocenters. The molecule has 9 heteroatoms. The number of hydrogen-bond acceptors (Lipinski definition) is 7. The zero-order chi connectivity index (χ0) is 31.1. The van der Waals surface area contributed by atoms with E-state index in [4.69, 9.17) is 25.8 Å². The van der Waals surface area contributed by atoms with Gasteiger partial charge in [-0.05, 0) is 91.3 Å². The molecule has 0 radical (unpaired) electrons. The maximum atomic E-state index is 13.3. The van der Waals surface area contributed by atoms with Gasteiger partial charge in [0.15, 0.2) is 5.60 Å². The molecule has 2 heterocycles. The minimum Gasteiger partial charge on any atom is -0.490 e. The van der Waals surface area contributed by atoms with Crippen LogP contribution in [-0.4, -0.2) is 75.5 Å². The minimum atomic E-state index is -2.15. The quantitative estimate of drug-likeness (QED) is 0.372. The normalized spacial score (nSPS) is 31.2. The lowest BCUT2D eigenvalue weighted by atomic mass is 9.68. The van der Waals surface area contributed by atoms with Gasteiger partial charge in [0.2, 0.25) is 5.91 Å². The number of nitrogens with zero attached hydrogens (tertiary/aromatic N) is 2. The highest BCUT2D eigenvalue weighted by molar-refractivity contribution is 6.30. The van der Waals surface area contributed by atoms with Gasteiger partial charge in [-0.15, -0.1) is 0 Å². The molecule has 4 aliphatic rings. The number of hydrogen-bond donors (Lipinski definition) is 1. The summed E-state index contributed by atoms with van der Waals surface area (Å²) in [7, 11) is 4.69. The molecule has 8 nitrogen and oxygen atoms in total. The third kappa shape index (κ3) is 5.61. The number of anilines is 1. The summed E-state index contributed by atoms with van der Waals surface area (Å²) in [5, 5.41) is 12.6. The number of benzene rings is 2. The second-order valence-corrected chi connectivity index (χ2v) is 13.5. The summed E-state index contributed by atoms with van der Waals surface area (Å²) >= 11 is 6.43. The number of ether oxygens (including phenoxy) is 3. The van der Waals surface area contributed by atoms with Crippen LogP contribution in [0, 0.1) is 11.8 Å². The van der Waals surface area contributed by atoms with E-state index in [1.807, 2.05) is 18.2 Å². The van der Waals surface area contributed by atoms with E-state index >= 15 is 0 Å². The van der Waals surface area contributed by atoms with Crippen molar-refractivity contribution in [3.05, 3.63) is 70.3 Å². The number of aryl methyl sites for hydroxylation is 1. The molecule has 2 aromatic carbocycles. The zero-order valence-electron chi connectivity index (χ0n) is 25.9. The van der Waals surface area contributed by atoms with E-state index in [0.29, 0.717) is 49.3 Å². The fourth-order valence-corrected chi connectivity index (χ4v) is 7.94. The predicted molar refractivity (Wildman–Crippen MR) is 169 cm³/mol. The van der Waals surface area contributed by atoms with Crippen molar-refractivity contribution >= 4 is 29.2 Å². The molecule has 2 aliphatic carbocycles. The highest BCUT2D eigenvalue weighted by Gasteiger charge is 2.46. The first kappa shape index (κ1) is 30.9. The van der Waals surface area contributed by atoms with E-state index in [1.165, 1.54) is 18.2 Å². The Kier molecular flexibility index (Phi) is 8.70. The van der Waals surface area contributed by atoms with Gasteiger partial charge in [-0.25, -0.2) is 4.79 Å². The Morgan fingerprint density at radius 3 is 2.75 bits per heavy atom. The molecule has 2 aromatic rings. The number of methoxy groups -OCH3 is 2. The zero-order valence-corrected chi connectivity index (χ0v) is 26.6. The first-order valence-corrected chi connectivity index (χ1v) is 16.1. The molecule has 1 amide bonds. The Balaban J connectivity index is 1.47.